The molecule has 0 saturated carbocycles. The summed E-state index contributed by atoms with van der Waals surface area (Å²) in [6.07, 6.45) is 7.07. The molecule has 6 rings (SSSR count). The van der Waals surface area contributed by atoms with Gasteiger partial charge in [-0.05, 0) is 74.6 Å². The molecule has 0 N–H and O–H groups in total. The maximum atomic E-state index is 13.2. The van der Waals surface area contributed by atoms with E-state index in [1.54, 1.807) is 31.5 Å². The Morgan fingerprint density at radius 3 is 2.72 bits per heavy atom. The molecule has 2 fully saturated rings. The van der Waals surface area contributed by atoms with E-state index in [1.165, 1.54) is 6.26 Å². The number of morpholine rings is 1. The van der Waals surface area contributed by atoms with Crippen molar-refractivity contribution in [1.82, 2.24) is 19.7 Å². The second kappa shape index (κ2) is 12.4. The lowest BCUT2D eigenvalue weighted by Gasteiger charge is -2.34. The SMILES string of the molecule is CCOC(=O)N=S(C)(=O)c1ccc(-c2cc(N3CCOC[C@H]3C)nc3c(-c4ccnn4C4CCCCO4)nccc23)cc1. The fourth-order valence-electron chi connectivity index (χ4n) is 5.66. The molecule has 43 heavy (non-hydrogen) atoms. The van der Waals surface area contributed by atoms with Crippen LogP contribution in [0.5, 0.6) is 0 Å². The van der Waals surface area contributed by atoms with Gasteiger partial charge in [0.25, 0.3) is 0 Å². The summed E-state index contributed by atoms with van der Waals surface area (Å²) in [4.78, 5) is 24.7. The molecular weight excluding hydrogens is 568 g/mol. The van der Waals surface area contributed by atoms with Gasteiger partial charge in [0.15, 0.2) is 6.23 Å². The summed E-state index contributed by atoms with van der Waals surface area (Å²) in [5.41, 5.74) is 4.20. The van der Waals surface area contributed by atoms with Crippen LogP contribution in [0.4, 0.5) is 10.6 Å². The number of rotatable bonds is 6. The summed E-state index contributed by atoms with van der Waals surface area (Å²) in [5, 5.41) is 5.54. The van der Waals surface area contributed by atoms with Crippen molar-refractivity contribution in [2.45, 2.75) is 50.3 Å². The van der Waals surface area contributed by atoms with Crippen LogP contribution in [0.25, 0.3) is 33.4 Å². The Morgan fingerprint density at radius 2 is 1.98 bits per heavy atom. The maximum Gasteiger partial charge on any atom is 0.442 e. The van der Waals surface area contributed by atoms with Gasteiger partial charge in [0, 0.05) is 42.1 Å². The van der Waals surface area contributed by atoms with E-state index in [1.807, 2.05) is 28.9 Å². The Morgan fingerprint density at radius 1 is 1.14 bits per heavy atom. The number of aromatic nitrogens is 4. The monoisotopic (exact) mass is 604 g/mol. The highest BCUT2D eigenvalue weighted by Crippen LogP contribution is 2.37. The Balaban J connectivity index is 1.49. The number of hydrogen-bond acceptors (Lipinski definition) is 9. The second-order valence-electron chi connectivity index (χ2n) is 10.8. The Bertz CT molecular complexity index is 1740. The van der Waals surface area contributed by atoms with Gasteiger partial charge in [0.2, 0.25) is 0 Å². The van der Waals surface area contributed by atoms with Crippen LogP contribution in [-0.4, -0.2) is 75.3 Å². The molecule has 2 unspecified atom stereocenters. The summed E-state index contributed by atoms with van der Waals surface area (Å²) in [7, 11) is -2.97. The standard InChI is InChI=1S/C31H36N6O5S/c1-4-41-31(38)35-43(3,39)23-10-8-22(9-11-23)25-19-27(36-16-18-40-20-21(36)2)34-29-24(25)12-14-32-30(29)26-13-15-33-37(26)28-7-5-6-17-42-28/h8-15,19,21,28H,4-7,16-18,20H2,1-3H3/t21-,28?,43?/m1/s1. The molecule has 12 heteroatoms. The van der Waals surface area contributed by atoms with Crippen molar-refractivity contribution in [1.29, 1.82) is 0 Å². The Kier molecular flexibility index (Phi) is 8.42. The lowest BCUT2D eigenvalue weighted by atomic mass is 10.00. The number of fused-ring (bicyclic) bond motifs is 1. The van der Waals surface area contributed by atoms with Gasteiger partial charge in [-0.3, -0.25) is 4.98 Å². The van der Waals surface area contributed by atoms with Gasteiger partial charge in [0.05, 0.1) is 41.3 Å². The van der Waals surface area contributed by atoms with E-state index in [0.29, 0.717) is 24.7 Å². The predicted octanol–water partition coefficient (Wildman–Crippen LogP) is 5.70. The minimum absolute atomic E-state index is 0.143. The van der Waals surface area contributed by atoms with Crippen LogP contribution in [0.15, 0.2) is 64.1 Å². The van der Waals surface area contributed by atoms with E-state index in [9.17, 15) is 9.00 Å². The highest BCUT2D eigenvalue weighted by molar-refractivity contribution is 7.93. The van der Waals surface area contributed by atoms with Crippen molar-refractivity contribution >= 4 is 32.5 Å². The largest absolute Gasteiger partial charge is 0.448 e. The first-order valence-electron chi connectivity index (χ1n) is 14.6. The first kappa shape index (κ1) is 29.2. The summed E-state index contributed by atoms with van der Waals surface area (Å²) in [5.74, 6) is 0.827. The van der Waals surface area contributed by atoms with E-state index in [0.717, 1.165) is 65.0 Å². The van der Waals surface area contributed by atoms with Crippen LogP contribution in [0, 0.1) is 0 Å². The summed E-state index contributed by atoms with van der Waals surface area (Å²) >= 11 is 0. The van der Waals surface area contributed by atoms with E-state index < -0.39 is 15.8 Å². The highest BCUT2D eigenvalue weighted by Gasteiger charge is 2.25. The molecule has 3 aromatic heterocycles. The number of ether oxygens (including phenoxy) is 3. The molecule has 5 heterocycles. The molecule has 2 aliphatic rings. The molecule has 3 atom stereocenters. The van der Waals surface area contributed by atoms with Crippen molar-refractivity contribution in [2.24, 2.45) is 4.36 Å². The number of pyridine rings is 2. The zero-order valence-corrected chi connectivity index (χ0v) is 25.5. The van der Waals surface area contributed by atoms with Crippen LogP contribution >= 0.6 is 0 Å². The second-order valence-corrected chi connectivity index (χ2v) is 13.1. The third-order valence-electron chi connectivity index (χ3n) is 7.84. The van der Waals surface area contributed by atoms with Crippen molar-refractivity contribution in [3.8, 4) is 22.5 Å². The van der Waals surface area contributed by atoms with E-state index in [-0.39, 0.29) is 18.9 Å². The minimum atomic E-state index is -2.97. The molecular formula is C31H36N6O5S. The molecule has 226 valence electrons. The van der Waals surface area contributed by atoms with Gasteiger partial charge in [-0.2, -0.15) is 5.10 Å². The third kappa shape index (κ3) is 5.99. The zero-order chi connectivity index (χ0) is 30.0. The molecule has 4 aromatic rings. The average Bonchev–Trinajstić information content (AvgIpc) is 3.51. The van der Waals surface area contributed by atoms with Crippen LogP contribution < -0.4 is 4.90 Å². The van der Waals surface area contributed by atoms with Crippen molar-refractivity contribution in [3.63, 3.8) is 0 Å². The number of hydrogen-bond donors (Lipinski definition) is 0. The Labute approximate surface area is 251 Å². The Hall–Kier alpha value is -3.87. The predicted molar refractivity (Wildman–Crippen MR) is 164 cm³/mol. The first-order chi connectivity index (χ1) is 20.9. The molecule has 0 spiro atoms. The number of carbonyl (C=O) groups excluding carboxylic acids is 1. The average molecular weight is 605 g/mol. The van der Waals surface area contributed by atoms with Crippen LogP contribution in [-0.2, 0) is 23.9 Å². The van der Waals surface area contributed by atoms with Gasteiger partial charge in [-0.25, -0.2) is 18.7 Å². The minimum Gasteiger partial charge on any atom is -0.448 e. The fraction of sp³-hybridized carbons (Fsp3) is 0.419. The zero-order valence-electron chi connectivity index (χ0n) is 24.6. The van der Waals surface area contributed by atoms with Crippen LogP contribution in [0.2, 0.25) is 0 Å². The van der Waals surface area contributed by atoms with E-state index >= 15 is 0 Å². The number of carbonyl (C=O) groups is 1. The van der Waals surface area contributed by atoms with E-state index in [2.05, 4.69) is 27.4 Å². The van der Waals surface area contributed by atoms with E-state index in [4.69, 9.17) is 24.2 Å². The summed E-state index contributed by atoms with van der Waals surface area (Å²) in [6, 6.07) is 13.5. The van der Waals surface area contributed by atoms with Gasteiger partial charge < -0.3 is 19.1 Å². The fourth-order valence-corrected chi connectivity index (χ4v) is 6.74. The topological polar surface area (TPSA) is 121 Å². The number of benzene rings is 1. The quantitative estimate of drug-likeness (QED) is 0.273. The van der Waals surface area contributed by atoms with Gasteiger partial charge in [0.1, 0.15) is 17.0 Å². The van der Waals surface area contributed by atoms with Gasteiger partial charge in [-0.15, -0.1) is 4.36 Å². The lowest BCUT2D eigenvalue weighted by Crippen LogP contribution is -2.44. The molecule has 11 nitrogen and oxygen atoms in total. The summed E-state index contributed by atoms with van der Waals surface area (Å²) in [6.45, 7) is 6.64. The number of nitrogens with zero attached hydrogens (tertiary/aromatic N) is 6. The van der Waals surface area contributed by atoms with Gasteiger partial charge >= 0.3 is 6.09 Å². The smallest absolute Gasteiger partial charge is 0.442 e. The highest BCUT2D eigenvalue weighted by atomic mass is 32.2. The third-order valence-corrected chi connectivity index (χ3v) is 9.48. The summed E-state index contributed by atoms with van der Waals surface area (Å²) < 4.78 is 35.6. The molecule has 1 aromatic carbocycles. The molecule has 2 aliphatic heterocycles. The lowest BCUT2D eigenvalue weighted by molar-refractivity contribution is -0.0383. The molecule has 0 aliphatic carbocycles. The normalized spacial score (nSPS) is 20.5. The van der Waals surface area contributed by atoms with Crippen molar-refractivity contribution in [2.75, 3.05) is 44.1 Å². The van der Waals surface area contributed by atoms with Crippen LogP contribution in [0.3, 0.4) is 0 Å². The van der Waals surface area contributed by atoms with Crippen molar-refractivity contribution < 1.29 is 23.2 Å². The van der Waals surface area contributed by atoms with Gasteiger partial charge in [-0.1, -0.05) is 12.1 Å². The maximum absolute atomic E-state index is 13.2. The number of amides is 1. The number of anilines is 1. The van der Waals surface area contributed by atoms with Crippen molar-refractivity contribution in [3.05, 3.63) is 54.9 Å². The molecule has 2 saturated heterocycles. The first-order valence-corrected chi connectivity index (χ1v) is 16.6. The molecule has 0 radical (unpaired) electrons. The molecule has 0 bridgehead atoms. The van der Waals surface area contributed by atoms with Crippen LogP contribution in [0.1, 0.15) is 39.3 Å². The molecule has 1 amide bonds.